The van der Waals surface area contributed by atoms with Gasteiger partial charge in [0.05, 0.1) is 4.88 Å². The van der Waals surface area contributed by atoms with Crippen molar-refractivity contribution in [2.75, 3.05) is 0 Å². The summed E-state index contributed by atoms with van der Waals surface area (Å²) < 4.78 is 6.43. The predicted molar refractivity (Wildman–Crippen MR) is 131 cm³/mol. The molecule has 1 aliphatic rings. The Labute approximate surface area is 192 Å². The van der Waals surface area contributed by atoms with E-state index in [0.717, 1.165) is 27.5 Å². The molecule has 3 aromatic carbocycles. The lowest BCUT2D eigenvalue weighted by atomic mass is 9.81. The molecule has 0 aliphatic carbocycles. The van der Waals surface area contributed by atoms with Gasteiger partial charge in [-0.2, -0.15) is 0 Å². The Bertz CT molecular complexity index is 1300. The Balaban J connectivity index is 1.67. The highest BCUT2D eigenvalue weighted by atomic mass is 32.1. The van der Waals surface area contributed by atoms with E-state index in [9.17, 15) is 4.79 Å². The molecule has 0 unspecified atom stereocenters. The Hall–Kier alpha value is -3.69. The quantitative estimate of drug-likeness (QED) is 0.241. The van der Waals surface area contributed by atoms with Gasteiger partial charge in [0.15, 0.2) is 5.78 Å². The first kappa shape index (κ1) is 20.2. The monoisotopic (exact) mass is 434 g/mol. The molecule has 0 bridgehead atoms. The van der Waals surface area contributed by atoms with E-state index >= 15 is 0 Å². The SMILES string of the molecule is Cc1ccc([C@@H]2C(/C=C\C(=O)c3ccccc3)=C(c3cccs3)Oc3ccccc32)cc1. The van der Waals surface area contributed by atoms with Crippen molar-refractivity contribution in [1.29, 1.82) is 0 Å². The van der Waals surface area contributed by atoms with Crippen molar-refractivity contribution < 1.29 is 9.53 Å². The molecule has 0 fully saturated rings. The zero-order valence-electron chi connectivity index (χ0n) is 17.7. The summed E-state index contributed by atoms with van der Waals surface area (Å²) in [5.41, 5.74) is 5.15. The molecule has 0 N–H and O–H groups in total. The molecule has 2 heterocycles. The number of allylic oxidation sites excluding steroid dienone is 3. The van der Waals surface area contributed by atoms with Gasteiger partial charge in [0.1, 0.15) is 11.5 Å². The lowest BCUT2D eigenvalue weighted by molar-refractivity contribution is 0.104. The fourth-order valence-electron chi connectivity index (χ4n) is 4.03. The van der Waals surface area contributed by atoms with E-state index in [0.29, 0.717) is 5.56 Å². The summed E-state index contributed by atoms with van der Waals surface area (Å²) in [7, 11) is 0. The number of hydrogen-bond acceptors (Lipinski definition) is 3. The Kier molecular flexibility index (Phi) is 5.57. The van der Waals surface area contributed by atoms with Gasteiger partial charge in [0, 0.05) is 22.6 Å². The van der Waals surface area contributed by atoms with Crippen LogP contribution in [-0.4, -0.2) is 5.78 Å². The van der Waals surface area contributed by atoms with Gasteiger partial charge in [0.25, 0.3) is 0 Å². The topological polar surface area (TPSA) is 26.3 Å². The third kappa shape index (κ3) is 3.95. The van der Waals surface area contributed by atoms with E-state index in [1.54, 1.807) is 17.4 Å². The second kappa shape index (κ2) is 8.81. The van der Waals surface area contributed by atoms with E-state index < -0.39 is 0 Å². The van der Waals surface area contributed by atoms with Crippen LogP contribution in [0.25, 0.3) is 5.76 Å². The van der Waals surface area contributed by atoms with Crippen molar-refractivity contribution in [3.8, 4) is 5.75 Å². The molecule has 4 aromatic rings. The van der Waals surface area contributed by atoms with Crippen molar-refractivity contribution in [3.05, 3.63) is 141 Å². The van der Waals surface area contributed by atoms with Crippen molar-refractivity contribution in [1.82, 2.24) is 0 Å². The van der Waals surface area contributed by atoms with E-state index in [2.05, 4.69) is 43.3 Å². The molecule has 0 spiro atoms. The molecular weight excluding hydrogens is 412 g/mol. The largest absolute Gasteiger partial charge is 0.455 e. The number of carbonyl (C=O) groups is 1. The Morgan fingerprint density at radius 3 is 2.38 bits per heavy atom. The molecule has 0 saturated carbocycles. The molecule has 156 valence electrons. The summed E-state index contributed by atoms with van der Waals surface area (Å²) in [5, 5.41) is 2.05. The third-order valence-corrected chi connectivity index (χ3v) is 6.51. The number of ether oxygens (including phenoxy) is 1. The van der Waals surface area contributed by atoms with Crippen LogP contribution >= 0.6 is 11.3 Å². The first-order valence-corrected chi connectivity index (χ1v) is 11.5. The molecular formula is C29H22O2S. The summed E-state index contributed by atoms with van der Waals surface area (Å²) in [4.78, 5) is 13.9. The van der Waals surface area contributed by atoms with Crippen LogP contribution in [0.2, 0.25) is 0 Å². The van der Waals surface area contributed by atoms with Gasteiger partial charge in [0.2, 0.25) is 0 Å². The van der Waals surface area contributed by atoms with E-state index in [1.807, 2.05) is 66.1 Å². The molecule has 1 atom stereocenters. The molecule has 1 aromatic heterocycles. The number of ketones is 1. The Morgan fingerprint density at radius 1 is 0.875 bits per heavy atom. The van der Waals surface area contributed by atoms with Crippen LogP contribution in [-0.2, 0) is 0 Å². The number of para-hydroxylation sites is 1. The second-order valence-corrected chi connectivity index (χ2v) is 8.76. The highest BCUT2D eigenvalue weighted by Gasteiger charge is 2.30. The molecule has 0 amide bonds. The number of benzene rings is 3. The first-order valence-electron chi connectivity index (χ1n) is 10.6. The lowest BCUT2D eigenvalue weighted by Gasteiger charge is -2.29. The third-order valence-electron chi connectivity index (χ3n) is 5.64. The minimum absolute atomic E-state index is 0.0230. The molecule has 0 radical (unpaired) electrons. The van der Waals surface area contributed by atoms with Crippen LogP contribution in [0.5, 0.6) is 5.75 Å². The van der Waals surface area contributed by atoms with Crippen molar-refractivity contribution in [2.45, 2.75) is 12.8 Å². The summed E-state index contributed by atoms with van der Waals surface area (Å²) in [6.07, 6.45) is 3.60. The number of fused-ring (bicyclic) bond motifs is 1. The standard InChI is InChI=1S/C29H22O2S/c1-20-13-15-22(16-14-20)28-23-10-5-6-11-26(23)31-29(27-12-7-19-32-27)24(28)17-18-25(30)21-8-3-2-4-9-21/h2-19,28H,1H3/b18-17-/t28-/m0/s1. The highest BCUT2D eigenvalue weighted by Crippen LogP contribution is 2.46. The van der Waals surface area contributed by atoms with Gasteiger partial charge < -0.3 is 4.74 Å². The molecule has 5 rings (SSSR count). The van der Waals surface area contributed by atoms with Crippen LogP contribution in [0, 0.1) is 6.92 Å². The first-order chi connectivity index (χ1) is 15.7. The van der Waals surface area contributed by atoms with Crippen LogP contribution in [0.1, 0.15) is 37.8 Å². The van der Waals surface area contributed by atoms with Crippen LogP contribution < -0.4 is 4.74 Å². The Morgan fingerprint density at radius 2 is 1.62 bits per heavy atom. The van der Waals surface area contributed by atoms with Gasteiger partial charge >= 0.3 is 0 Å². The molecule has 1 aliphatic heterocycles. The summed E-state index contributed by atoms with van der Waals surface area (Å²) in [5.74, 6) is 1.61. The van der Waals surface area contributed by atoms with Gasteiger partial charge in [-0.3, -0.25) is 4.79 Å². The van der Waals surface area contributed by atoms with Crippen molar-refractivity contribution >= 4 is 22.9 Å². The number of thiophene rings is 1. The average Bonchev–Trinajstić information content (AvgIpc) is 3.38. The van der Waals surface area contributed by atoms with Crippen LogP contribution in [0.4, 0.5) is 0 Å². The summed E-state index contributed by atoms with van der Waals surface area (Å²) in [6.45, 7) is 2.09. The molecule has 3 heteroatoms. The number of aryl methyl sites for hydroxylation is 1. The molecule has 0 saturated heterocycles. The molecule has 32 heavy (non-hydrogen) atoms. The summed E-state index contributed by atoms with van der Waals surface area (Å²) in [6, 6.07) is 30.2. The minimum Gasteiger partial charge on any atom is -0.455 e. The number of rotatable bonds is 5. The highest BCUT2D eigenvalue weighted by molar-refractivity contribution is 7.11. The average molecular weight is 435 g/mol. The fraction of sp³-hybridized carbons (Fsp3) is 0.0690. The van der Waals surface area contributed by atoms with Gasteiger partial charge in [-0.15, -0.1) is 11.3 Å². The van der Waals surface area contributed by atoms with E-state index in [1.165, 1.54) is 11.1 Å². The minimum atomic E-state index is -0.0301. The van der Waals surface area contributed by atoms with Crippen molar-refractivity contribution in [3.63, 3.8) is 0 Å². The van der Waals surface area contributed by atoms with Gasteiger partial charge in [-0.1, -0.05) is 90.5 Å². The smallest absolute Gasteiger partial charge is 0.185 e. The van der Waals surface area contributed by atoms with Crippen LogP contribution in [0.3, 0.4) is 0 Å². The summed E-state index contributed by atoms with van der Waals surface area (Å²) >= 11 is 1.64. The molecule has 2 nitrogen and oxygen atoms in total. The normalized spacial score (nSPS) is 15.5. The van der Waals surface area contributed by atoms with Crippen LogP contribution in [0.15, 0.2) is 114 Å². The van der Waals surface area contributed by atoms with Gasteiger partial charge in [-0.25, -0.2) is 0 Å². The fourth-order valence-corrected chi connectivity index (χ4v) is 4.76. The number of hydrogen-bond donors (Lipinski definition) is 0. The lowest BCUT2D eigenvalue weighted by Crippen LogP contribution is -2.15. The maximum atomic E-state index is 12.9. The predicted octanol–water partition coefficient (Wildman–Crippen LogP) is 7.43. The zero-order chi connectivity index (χ0) is 21.9. The van der Waals surface area contributed by atoms with Gasteiger partial charge in [-0.05, 0) is 36.1 Å². The van der Waals surface area contributed by atoms with E-state index in [4.69, 9.17) is 4.74 Å². The van der Waals surface area contributed by atoms with E-state index in [-0.39, 0.29) is 11.7 Å². The maximum Gasteiger partial charge on any atom is 0.185 e. The number of carbonyl (C=O) groups excluding carboxylic acids is 1. The van der Waals surface area contributed by atoms with Crippen molar-refractivity contribution in [2.24, 2.45) is 0 Å². The second-order valence-electron chi connectivity index (χ2n) is 7.81. The zero-order valence-corrected chi connectivity index (χ0v) is 18.5. The maximum absolute atomic E-state index is 12.9.